The Kier molecular flexibility index (Phi) is 4.46. The average Bonchev–Trinajstić information content (AvgIpc) is 2.77. The fourth-order valence-electron chi connectivity index (χ4n) is 3.54. The maximum absolute atomic E-state index is 13.2. The van der Waals surface area contributed by atoms with Gasteiger partial charge in [-0.2, -0.15) is 0 Å². The van der Waals surface area contributed by atoms with Gasteiger partial charge in [-0.25, -0.2) is 13.2 Å². The summed E-state index contributed by atoms with van der Waals surface area (Å²) in [7, 11) is -0.390. The summed E-state index contributed by atoms with van der Waals surface area (Å²) in [4.78, 5) is 12.5. The predicted octanol–water partition coefficient (Wildman–Crippen LogP) is 3.22. The average molecular weight is 388 g/mol. The normalized spacial score (nSPS) is 12.0. The van der Waals surface area contributed by atoms with E-state index in [9.17, 15) is 13.2 Å². The smallest absolute Gasteiger partial charge is 0.295 e. The van der Waals surface area contributed by atoms with Crippen LogP contribution in [-0.2, 0) is 24.1 Å². The molecular formula is C20H25N3O3S. The number of sulfonamides is 1. The molecule has 3 rings (SSSR count). The first-order valence-electron chi connectivity index (χ1n) is 8.72. The summed E-state index contributed by atoms with van der Waals surface area (Å²) in [5, 5.41) is 0. The molecule has 0 unspecified atom stereocenters. The second kappa shape index (κ2) is 6.27. The number of hydrogen-bond acceptors (Lipinski definition) is 3. The number of hydrogen-bond donors (Lipinski definition) is 1. The number of fused-ring (bicyclic) bond motifs is 1. The summed E-state index contributed by atoms with van der Waals surface area (Å²) in [6.07, 6.45) is 0. The van der Waals surface area contributed by atoms with Gasteiger partial charge in [0.2, 0.25) is 0 Å². The molecule has 0 atom stereocenters. The number of rotatable bonds is 3. The van der Waals surface area contributed by atoms with Crippen LogP contribution in [0, 0.1) is 34.6 Å². The molecule has 0 saturated carbocycles. The van der Waals surface area contributed by atoms with E-state index in [0.717, 1.165) is 33.3 Å². The van der Waals surface area contributed by atoms with E-state index in [-0.39, 0.29) is 5.69 Å². The van der Waals surface area contributed by atoms with E-state index in [1.165, 1.54) is 4.57 Å². The van der Waals surface area contributed by atoms with Gasteiger partial charge >= 0.3 is 5.69 Å². The van der Waals surface area contributed by atoms with Crippen LogP contribution >= 0.6 is 0 Å². The van der Waals surface area contributed by atoms with Crippen LogP contribution in [0.1, 0.15) is 27.8 Å². The maximum atomic E-state index is 13.2. The largest absolute Gasteiger partial charge is 0.328 e. The Hall–Kier alpha value is -2.54. The molecular weight excluding hydrogens is 362 g/mol. The summed E-state index contributed by atoms with van der Waals surface area (Å²) in [6, 6.07) is 5.55. The second-order valence-electron chi connectivity index (χ2n) is 7.25. The summed E-state index contributed by atoms with van der Waals surface area (Å²) in [5.41, 5.74) is 5.90. The zero-order chi connectivity index (χ0) is 20.3. The van der Waals surface area contributed by atoms with Gasteiger partial charge < -0.3 is 0 Å². The zero-order valence-corrected chi connectivity index (χ0v) is 17.6. The van der Waals surface area contributed by atoms with Crippen LogP contribution in [0.4, 0.5) is 5.69 Å². The monoisotopic (exact) mass is 387 g/mol. The molecule has 0 aliphatic heterocycles. The second-order valence-corrected chi connectivity index (χ2v) is 8.87. The van der Waals surface area contributed by atoms with Crippen molar-refractivity contribution in [2.45, 2.75) is 39.5 Å². The maximum Gasteiger partial charge on any atom is 0.328 e. The molecule has 144 valence electrons. The van der Waals surface area contributed by atoms with Crippen molar-refractivity contribution in [2.24, 2.45) is 14.1 Å². The van der Waals surface area contributed by atoms with E-state index < -0.39 is 10.0 Å². The van der Waals surface area contributed by atoms with E-state index in [1.54, 1.807) is 24.7 Å². The minimum Gasteiger partial charge on any atom is -0.295 e. The molecule has 0 saturated heterocycles. The highest BCUT2D eigenvalue weighted by atomic mass is 32.2. The van der Waals surface area contributed by atoms with Crippen LogP contribution in [0.5, 0.6) is 0 Å². The fourth-order valence-corrected chi connectivity index (χ4v) is 5.28. The molecule has 0 amide bonds. The van der Waals surface area contributed by atoms with Crippen LogP contribution in [-0.4, -0.2) is 17.6 Å². The van der Waals surface area contributed by atoms with Crippen LogP contribution in [0.15, 0.2) is 27.9 Å². The fraction of sp³-hybridized carbons (Fsp3) is 0.350. The van der Waals surface area contributed by atoms with Crippen molar-refractivity contribution in [3.8, 4) is 0 Å². The molecule has 6 nitrogen and oxygen atoms in total. The zero-order valence-electron chi connectivity index (χ0n) is 16.8. The van der Waals surface area contributed by atoms with E-state index in [1.807, 2.05) is 46.8 Å². The first kappa shape index (κ1) is 19.2. The van der Waals surface area contributed by atoms with E-state index in [0.29, 0.717) is 16.1 Å². The highest BCUT2D eigenvalue weighted by Crippen LogP contribution is 2.30. The van der Waals surface area contributed by atoms with Gasteiger partial charge in [-0.1, -0.05) is 6.07 Å². The molecule has 7 heteroatoms. The summed E-state index contributed by atoms with van der Waals surface area (Å²) >= 11 is 0. The van der Waals surface area contributed by atoms with Crippen molar-refractivity contribution >= 4 is 26.7 Å². The van der Waals surface area contributed by atoms with Crippen LogP contribution in [0.2, 0.25) is 0 Å². The molecule has 2 aromatic carbocycles. The molecule has 0 spiro atoms. The van der Waals surface area contributed by atoms with Crippen molar-refractivity contribution in [1.29, 1.82) is 0 Å². The van der Waals surface area contributed by atoms with Crippen LogP contribution < -0.4 is 10.4 Å². The Balaban J connectivity index is 2.19. The van der Waals surface area contributed by atoms with Crippen molar-refractivity contribution in [3.63, 3.8) is 0 Å². The Morgan fingerprint density at radius 3 is 1.78 bits per heavy atom. The molecule has 27 heavy (non-hydrogen) atoms. The minimum absolute atomic E-state index is 0.148. The van der Waals surface area contributed by atoms with Crippen molar-refractivity contribution < 1.29 is 8.42 Å². The molecule has 3 aromatic rings. The number of aromatic nitrogens is 2. The number of benzene rings is 2. The lowest BCUT2D eigenvalue weighted by Crippen LogP contribution is -2.19. The molecule has 0 aliphatic rings. The lowest BCUT2D eigenvalue weighted by atomic mass is 10.0. The van der Waals surface area contributed by atoms with Gasteiger partial charge in [-0.05, 0) is 74.6 Å². The summed E-state index contributed by atoms with van der Waals surface area (Å²) in [5.74, 6) is 0. The van der Waals surface area contributed by atoms with Gasteiger partial charge in [0.05, 0.1) is 21.6 Å². The standard InChI is InChI=1S/C20H25N3O3S/c1-11-8-12(2)15(5)19(14(11)4)27(25,26)21-16-10-18-17(9-13(16)3)22(6)20(24)23(18)7/h8-10,21H,1-7H3. The number of imidazole rings is 1. The lowest BCUT2D eigenvalue weighted by Gasteiger charge is -2.18. The Bertz CT molecular complexity index is 1220. The van der Waals surface area contributed by atoms with Gasteiger partial charge in [-0.3, -0.25) is 13.9 Å². The third-order valence-corrected chi connectivity index (χ3v) is 7.07. The van der Waals surface area contributed by atoms with Crippen molar-refractivity contribution in [3.05, 3.63) is 56.5 Å². The van der Waals surface area contributed by atoms with Gasteiger partial charge in [0.15, 0.2) is 0 Å². The van der Waals surface area contributed by atoms with Gasteiger partial charge in [-0.15, -0.1) is 0 Å². The van der Waals surface area contributed by atoms with Gasteiger partial charge in [0.1, 0.15) is 0 Å². The predicted molar refractivity (Wildman–Crippen MR) is 109 cm³/mol. The number of anilines is 1. The molecule has 1 aromatic heterocycles. The Morgan fingerprint density at radius 1 is 0.778 bits per heavy atom. The van der Waals surface area contributed by atoms with Gasteiger partial charge in [0, 0.05) is 14.1 Å². The molecule has 0 radical (unpaired) electrons. The van der Waals surface area contributed by atoms with Crippen LogP contribution in [0.25, 0.3) is 11.0 Å². The third kappa shape index (κ3) is 2.96. The Labute approximate surface area is 159 Å². The molecule has 0 bridgehead atoms. The molecule has 1 heterocycles. The number of nitrogens with zero attached hydrogens (tertiary/aromatic N) is 2. The van der Waals surface area contributed by atoms with Crippen molar-refractivity contribution in [1.82, 2.24) is 9.13 Å². The van der Waals surface area contributed by atoms with Crippen LogP contribution in [0.3, 0.4) is 0 Å². The van der Waals surface area contributed by atoms with Crippen molar-refractivity contribution in [2.75, 3.05) is 4.72 Å². The minimum atomic E-state index is -3.77. The van der Waals surface area contributed by atoms with Gasteiger partial charge in [0.25, 0.3) is 10.0 Å². The van der Waals surface area contributed by atoms with E-state index in [4.69, 9.17) is 0 Å². The summed E-state index contributed by atoms with van der Waals surface area (Å²) in [6.45, 7) is 9.31. The SMILES string of the molecule is Cc1cc2c(cc1NS(=O)(=O)c1c(C)c(C)cc(C)c1C)n(C)c(=O)n2C. The molecule has 0 fully saturated rings. The highest BCUT2D eigenvalue weighted by molar-refractivity contribution is 7.92. The van der Waals surface area contributed by atoms with E-state index in [2.05, 4.69) is 4.72 Å². The Morgan fingerprint density at radius 2 is 1.26 bits per heavy atom. The first-order valence-corrected chi connectivity index (χ1v) is 10.2. The highest BCUT2D eigenvalue weighted by Gasteiger charge is 2.23. The molecule has 0 aliphatic carbocycles. The number of nitrogens with one attached hydrogen (secondary N) is 1. The number of aryl methyl sites for hydroxylation is 5. The lowest BCUT2D eigenvalue weighted by molar-refractivity contribution is 0.599. The first-order chi connectivity index (χ1) is 12.5. The molecule has 1 N–H and O–H groups in total. The summed E-state index contributed by atoms with van der Waals surface area (Å²) < 4.78 is 32.2. The quantitative estimate of drug-likeness (QED) is 0.750. The third-order valence-electron chi connectivity index (χ3n) is 5.43. The van der Waals surface area contributed by atoms with E-state index >= 15 is 0 Å². The topological polar surface area (TPSA) is 73.1 Å².